The van der Waals surface area contributed by atoms with Crippen LogP contribution >= 0.6 is 0 Å². The van der Waals surface area contributed by atoms with Crippen LogP contribution in [0.3, 0.4) is 0 Å². The molecule has 0 N–H and O–H groups in total. The Balaban J connectivity index is 1.82. The Kier molecular flexibility index (Phi) is 6.21. The quantitative estimate of drug-likeness (QED) is 0.703. The highest BCUT2D eigenvalue weighted by Crippen LogP contribution is 2.46. The second-order valence-corrected chi connectivity index (χ2v) is 14.7. The first-order valence-corrected chi connectivity index (χ1v) is 15.7. The highest BCUT2D eigenvalue weighted by Gasteiger charge is 2.61. The Morgan fingerprint density at radius 1 is 0.607 bits per heavy atom. The van der Waals surface area contributed by atoms with Crippen molar-refractivity contribution in [2.24, 2.45) is 0 Å². The van der Waals surface area contributed by atoms with Crippen LogP contribution in [0.5, 0.6) is 0 Å². The summed E-state index contributed by atoms with van der Waals surface area (Å²) in [6.07, 6.45) is 7.25. The normalized spacial score (nSPS) is 30.5. The molecule has 2 aromatic carbocycles. The van der Waals surface area contributed by atoms with E-state index in [1.165, 1.54) is 48.9 Å². The maximum absolute atomic E-state index is 6.94. The van der Waals surface area contributed by atoms with Gasteiger partial charge in [-0.1, -0.05) is 84.1 Å². The summed E-state index contributed by atoms with van der Waals surface area (Å²) in [5.74, 6) is 0. The molecule has 0 spiro atoms. The Morgan fingerprint density at radius 3 is 1.32 bits per heavy atom. The molecule has 0 radical (unpaired) electrons. The highest BCUT2D eigenvalue weighted by atomic mass is 28.3. The van der Waals surface area contributed by atoms with Crippen molar-refractivity contribution in [2.75, 3.05) is 13.2 Å². The molecule has 2 aliphatic heterocycles. The van der Waals surface area contributed by atoms with Gasteiger partial charge in [0.2, 0.25) is 0 Å². The van der Waals surface area contributed by atoms with Gasteiger partial charge in [0.15, 0.2) is 0 Å². The van der Waals surface area contributed by atoms with E-state index in [-0.39, 0.29) is 10.4 Å². The molecule has 2 heterocycles. The highest BCUT2D eigenvalue weighted by molar-refractivity contribution is 6.81. The lowest BCUT2D eigenvalue weighted by Crippen LogP contribution is -2.76. The van der Waals surface area contributed by atoms with Gasteiger partial charge in [-0.3, -0.25) is 0 Å². The zero-order chi connectivity index (χ0) is 19.5. The van der Waals surface area contributed by atoms with Crippen LogP contribution in [0.1, 0.15) is 38.5 Å². The molecule has 4 rings (SSSR count). The summed E-state index contributed by atoms with van der Waals surface area (Å²) < 4.78 is 13.9. The summed E-state index contributed by atoms with van der Waals surface area (Å²) in [5, 5.41) is 2.86. The molecular formula is C24H34O2Si2. The van der Waals surface area contributed by atoms with Crippen LogP contribution in [0.4, 0.5) is 0 Å². The van der Waals surface area contributed by atoms with E-state index in [0.29, 0.717) is 0 Å². The molecule has 0 bridgehead atoms. The topological polar surface area (TPSA) is 18.5 Å². The monoisotopic (exact) mass is 410 g/mol. The smallest absolute Gasteiger partial charge is 0.108 e. The van der Waals surface area contributed by atoms with E-state index in [1.54, 1.807) is 0 Å². The lowest BCUT2D eigenvalue weighted by atomic mass is 9.96. The van der Waals surface area contributed by atoms with E-state index in [4.69, 9.17) is 9.47 Å². The molecule has 2 aromatic rings. The van der Waals surface area contributed by atoms with Crippen LogP contribution < -0.4 is 10.4 Å². The maximum Gasteiger partial charge on any atom is 0.108 e. The van der Waals surface area contributed by atoms with Crippen molar-refractivity contribution in [3.63, 3.8) is 0 Å². The van der Waals surface area contributed by atoms with Crippen LogP contribution in [0, 0.1) is 0 Å². The van der Waals surface area contributed by atoms with Gasteiger partial charge in [0.1, 0.15) is 17.6 Å². The Labute approximate surface area is 173 Å². The standard InChI is InChI=1S/C24H34O2Si2/c1-27(21-13-5-3-6-14-21)23(17-9-11-19-25-23)24(18-10-12-20-26-24)28(2)22-15-7-4-8-16-22/h3-8,13-16,27-28H,9-12,17-20H2,1-2H3. The van der Waals surface area contributed by atoms with E-state index < -0.39 is 17.6 Å². The van der Waals surface area contributed by atoms with Crippen LogP contribution in [0.15, 0.2) is 60.7 Å². The molecule has 2 saturated heterocycles. The van der Waals surface area contributed by atoms with E-state index in [0.717, 1.165) is 13.2 Å². The first kappa shape index (κ1) is 20.1. The van der Waals surface area contributed by atoms with Crippen molar-refractivity contribution >= 4 is 28.0 Å². The number of rotatable bonds is 5. The Bertz CT molecular complexity index is 672. The third kappa shape index (κ3) is 3.45. The van der Waals surface area contributed by atoms with E-state index in [9.17, 15) is 0 Å². The average molecular weight is 411 g/mol. The third-order valence-corrected chi connectivity index (χ3v) is 15.1. The molecule has 2 fully saturated rings. The summed E-state index contributed by atoms with van der Waals surface area (Å²) in [6.45, 7) is 6.83. The molecular weight excluding hydrogens is 376 g/mol. The van der Waals surface area contributed by atoms with E-state index in [2.05, 4.69) is 73.8 Å². The zero-order valence-electron chi connectivity index (χ0n) is 17.4. The summed E-state index contributed by atoms with van der Waals surface area (Å²) in [5.41, 5.74) is 0. The van der Waals surface area contributed by atoms with Crippen molar-refractivity contribution in [3.8, 4) is 0 Å². The summed E-state index contributed by atoms with van der Waals surface area (Å²) >= 11 is 0. The predicted octanol–water partition coefficient (Wildman–Crippen LogP) is 3.47. The second kappa shape index (κ2) is 8.66. The van der Waals surface area contributed by atoms with Gasteiger partial charge in [-0.05, 0) is 38.5 Å². The molecule has 0 aromatic heterocycles. The van der Waals surface area contributed by atoms with Gasteiger partial charge in [-0.25, -0.2) is 0 Å². The minimum atomic E-state index is -1.41. The molecule has 2 aliphatic rings. The summed E-state index contributed by atoms with van der Waals surface area (Å²) in [6, 6.07) is 22.4. The van der Waals surface area contributed by atoms with E-state index >= 15 is 0 Å². The van der Waals surface area contributed by atoms with Gasteiger partial charge < -0.3 is 9.47 Å². The zero-order valence-corrected chi connectivity index (χ0v) is 19.7. The van der Waals surface area contributed by atoms with Gasteiger partial charge in [0, 0.05) is 13.2 Å². The molecule has 4 atom stereocenters. The molecule has 0 amide bonds. The molecule has 0 aliphatic carbocycles. The molecule has 2 nitrogen and oxygen atoms in total. The van der Waals surface area contributed by atoms with Crippen LogP contribution in [0.25, 0.3) is 0 Å². The minimum Gasteiger partial charge on any atom is -0.376 e. The van der Waals surface area contributed by atoms with Crippen LogP contribution in [-0.2, 0) is 9.47 Å². The van der Waals surface area contributed by atoms with Crippen molar-refractivity contribution in [3.05, 3.63) is 60.7 Å². The predicted molar refractivity (Wildman–Crippen MR) is 123 cm³/mol. The Hall–Kier alpha value is -1.21. The van der Waals surface area contributed by atoms with Crippen molar-refractivity contribution < 1.29 is 9.47 Å². The average Bonchev–Trinajstić information content (AvgIpc) is 2.80. The van der Waals surface area contributed by atoms with Crippen molar-refractivity contribution in [1.29, 1.82) is 0 Å². The Morgan fingerprint density at radius 2 is 1.00 bits per heavy atom. The first-order chi connectivity index (χ1) is 13.7. The lowest BCUT2D eigenvalue weighted by molar-refractivity contribution is -0.163. The SMILES string of the molecule is C[SiH](c1ccccc1)C1(C2([SiH](C)c3ccccc3)CCCCO2)CCCCO1. The van der Waals surface area contributed by atoms with Gasteiger partial charge in [-0.15, -0.1) is 0 Å². The van der Waals surface area contributed by atoms with E-state index in [1.807, 2.05) is 0 Å². The molecule has 4 unspecified atom stereocenters. The third-order valence-electron chi connectivity index (χ3n) is 7.32. The van der Waals surface area contributed by atoms with Crippen LogP contribution in [-0.4, -0.2) is 41.3 Å². The van der Waals surface area contributed by atoms with Gasteiger partial charge in [-0.2, -0.15) is 0 Å². The minimum absolute atomic E-state index is 0.0888. The first-order valence-electron chi connectivity index (χ1n) is 11.1. The fourth-order valence-electron chi connectivity index (χ4n) is 5.74. The van der Waals surface area contributed by atoms with Crippen molar-refractivity contribution in [1.82, 2.24) is 0 Å². The largest absolute Gasteiger partial charge is 0.376 e. The van der Waals surface area contributed by atoms with Gasteiger partial charge in [0.25, 0.3) is 0 Å². The maximum atomic E-state index is 6.94. The molecule has 28 heavy (non-hydrogen) atoms. The molecule has 150 valence electrons. The second-order valence-electron chi connectivity index (χ2n) is 8.65. The van der Waals surface area contributed by atoms with Crippen molar-refractivity contribution in [2.45, 2.75) is 62.1 Å². The fraction of sp³-hybridized carbons (Fsp3) is 0.500. The number of ether oxygens (including phenoxy) is 2. The van der Waals surface area contributed by atoms with Gasteiger partial charge in [0.05, 0.1) is 10.4 Å². The molecule has 0 saturated carbocycles. The van der Waals surface area contributed by atoms with Gasteiger partial charge >= 0.3 is 0 Å². The molecule has 4 heteroatoms. The number of hydrogen-bond acceptors (Lipinski definition) is 2. The van der Waals surface area contributed by atoms with Crippen LogP contribution in [0.2, 0.25) is 13.1 Å². The lowest BCUT2D eigenvalue weighted by Gasteiger charge is -2.58. The summed E-state index contributed by atoms with van der Waals surface area (Å²) in [7, 11) is -2.82. The summed E-state index contributed by atoms with van der Waals surface area (Å²) in [4.78, 5) is 0. The number of hydrogen-bond donors (Lipinski definition) is 0. The number of benzene rings is 2. The fourth-order valence-corrected chi connectivity index (χ4v) is 13.8.